The first-order chi connectivity index (χ1) is 16.9. The van der Waals surface area contributed by atoms with Crippen molar-refractivity contribution in [3.8, 4) is 11.5 Å². The Morgan fingerprint density at radius 2 is 1.94 bits per heavy atom. The lowest BCUT2D eigenvalue weighted by atomic mass is 9.89. The molecule has 9 heteroatoms. The van der Waals surface area contributed by atoms with Crippen LogP contribution in [0.1, 0.15) is 52.5 Å². The molecule has 0 aliphatic carbocycles. The van der Waals surface area contributed by atoms with E-state index in [9.17, 15) is 19.8 Å². The number of nitrogens with one attached hydrogen (secondary N) is 1. The summed E-state index contributed by atoms with van der Waals surface area (Å²) in [6, 6.07) is 7.88. The SMILES string of the molecule is Cc1ccc(C(=O)NCCCn2ccnc2)c(C2CCN(C(=O)Cc3cc(O)ccc3O)CC2)n1. The number of hydrogen-bond acceptors (Lipinski definition) is 6. The fraction of sp³-hybridized carbons (Fsp3) is 0.385. The Hall–Kier alpha value is -3.88. The van der Waals surface area contributed by atoms with Crippen LogP contribution in [0.4, 0.5) is 0 Å². The molecular weight excluding hydrogens is 446 g/mol. The molecule has 0 radical (unpaired) electrons. The zero-order chi connectivity index (χ0) is 24.8. The van der Waals surface area contributed by atoms with E-state index in [2.05, 4.69) is 10.3 Å². The Morgan fingerprint density at radius 1 is 1.14 bits per heavy atom. The Kier molecular flexibility index (Phi) is 7.64. The normalized spacial score (nSPS) is 14.1. The molecule has 1 aliphatic heterocycles. The first-order valence-corrected chi connectivity index (χ1v) is 11.9. The fourth-order valence-corrected chi connectivity index (χ4v) is 4.45. The number of piperidine rings is 1. The molecule has 3 N–H and O–H groups in total. The van der Waals surface area contributed by atoms with E-state index in [1.54, 1.807) is 17.4 Å². The van der Waals surface area contributed by atoms with E-state index in [-0.39, 0.29) is 35.7 Å². The minimum Gasteiger partial charge on any atom is -0.508 e. The quantitative estimate of drug-likeness (QED) is 0.339. The van der Waals surface area contributed by atoms with Crippen LogP contribution in [-0.2, 0) is 17.8 Å². The molecule has 35 heavy (non-hydrogen) atoms. The van der Waals surface area contributed by atoms with Gasteiger partial charge in [0.2, 0.25) is 5.91 Å². The van der Waals surface area contributed by atoms with Crippen molar-refractivity contribution in [2.45, 2.75) is 45.1 Å². The number of hydrogen-bond donors (Lipinski definition) is 3. The molecule has 3 heterocycles. The van der Waals surface area contributed by atoms with Crippen LogP contribution in [0.2, 0.25) is 0 Å². The highest BCUT2D eigenvalue weighted by Crippen LogP contribution is 2.30. The van der Waals surface area contributed by atoms with Crippen LogP contribution in [0.15, 0.2) is 49.1 Å². The van der Waals surface area contributed by atoms with E-state index in [1.165, 1.54) is 18.2 Å². The Labute approximate surface area is 204 Å². The standard InChI is InChI=1S/C26H31N5O4/c1-18-3-5-22(26(35)28-9-2-11-30-14-10-27-17-30)25(29-18)19-7-12-31(13-8-19)24(34)16-20-15-21(32)4-6-23(20)33/h3-6,10,14-15,17,19,32-33H,2,7-9,11-13,16H2,1H3,(H,28,35). The van der Waals surface area contributed by atoms with Gasteiger partial charge in [-0.05, 0) is 56.5 Å². The molecule has 0 atom stereocenters. The number of aromatic hydroxyl groups is 2. The molecule has 0 spiro atoms. The molecule has 1 aliphatic rings. The third kappa shape index (κ3) is 6.17. The van der Waals surface area contributed by atoms with E-state index in [4.69, 9.17) is 4.98 Å². The van der Waals surface area contributed by atoms with Crippen LogP contribution in [0.5, 0.6) is 11.5 Å². The highest BCUT2D eigenvalue weighted by atomic mass is 16.3. The Morgan fingerprint density at radius 3 is 2.69 bits per heavy atom. The number of pyridine rings is 1. The summed E-state index contributed by atoms with van der Waals surface area (Å²) in [4.78, 5) is 36.2. The lowest BCUT2D eigenvalue weighted by Crippen LogP contribution is -2.39. The minimum atomic E-state index is -0.129. The molecule has 4 rings (SSSR count). The van der Waals surface area contributed by atoms with Crippen molar-refractivity contribution < 1.29 is 19.8 Å². The first kappa shape index (κ1) is 24.3. The van der Waals surface area contributed by atoms with Gasteiger partial charge in [0.05, 0.1) is 24.0 Å². The van der Waals surface area contributed by atoms with Crippen LogP contribution in [0.3, 0.4) is 0 Å². The smallest absolute Gasteiger partial charge is 0.253 e. The minimum absolute atomic E-state index is 0.00400. The number of rotatable bonds is 8. The summed E-state index contributed by atoms with van der Waals surface area (Å²) >= 11 is 0. The number of benzene rings is 1. The van der Waals surface area contributed by atoms with Crippen LogP contribution >= 0.6 is 0 Å². The summed E-state index contributed by atoms with van der Waals surface area (Å²) in [6.07, 6.45) is 7.62. The van der Waals surface area contributed by atoms with Crippen LogP contribution in [-0.4, -0.2) is 61.1 Å². The van der Waals surface area contributed by atoms with Crippen LogP contribution < -0.4 is 5.32 Å². The van der Waals surface area contributed by atoms with Crippen molar-refractivity contribution in [3.63, 3.8) is 0 Å². The highest BCUT2D eigenvalue weighted by molar-refractivity contribution is 5.95. The van der Waals surface area contributed by atoms with Gasteiger partial charge in [0.1, 0.15) is 11.5 Å². The fourth-order valence-electron chi connectivity index (χ4n) is 4.45. The van der Waals surface area contributed by atoms with Gasteiger partial charge in [0.15, 0.2) is 0 Å². The molecule has 1 fully saturated rings. The van der Waals surface area contributed by atoms with Gasteiger partial charge >= 0.3 is 0 Å². The number of carbonyl (C=O) groups is 2. The zero-order valence-corrected chi connectivity index (χ0v) is 19.9. The maximum absolute atomic E-state index is 12.9. The number of imidazole rings is 1. The maximum Gasteiger partial charge on any atom is 0.253 e. The second kappa shape index (κ2) is 11.0. The van der Waals surface area contributed by atoms with Gasteiger partial charge in [-0.2, -0.15) is 0 Å². The molecule has 0 unspecified atom stereocenters. The number of aryl methyl sites for hydroxylation is 2. The first-order valence-electron chi connectivity index (χ1n) is 11.9. The molecular formula is C26H31N5O4. The second-order valence-electron chi connectivity index (χ2n) is 8.94. The van der Waals surface area contributed by atoms with Crippen molar-refractivity contribution in [2.24, 2.45) is 0 Å². The van der Waals surface area contributed by atoms with Gasteiger partial charge in [-0.25, -0.2) is 4.98 Å². The second-order valence-corrected chi connectivity index (χ2v) is 8.94. The topological polar surface area (TPSA) is 121 Å². The molecule has 1 saturated heterocycles. The molecule has 2 amide bonds. The van der Waals surface area contributed by atoms with E-state index < -0.39 is 0 Å². The predicted octanol–water partition coefficient (Wildman–Crippen LogP) is 2.77. The van der Waals surface area contributed by atoms with Gasteiger partial charge in [0.25, 0.3) is 5.91 Å². The zero-order valence-electron chi connectivity index (χ0n) is 19.9. The molecule has 9 nitrogen and oxygen atoms in total. The van der Waals surface area contributed by atoms with Crippen LogP contribution in [0, 0.1) is 6.92 Å². The third-order valence-electron chi connectivity index (χ3n) is 6.39. The van der Waals surface area contributed by atoms with E-state index >= 15 is 0 Å². The van der Waals surface area contributed by atoms with Crippen molar-refractivity contribution in [1.29, 1.82) is 0 Å². The van der Waals surface area contributed by atoms with Gasteiger partial charge in [-0.15, -0.1) is 0 Å². The highest BCUT2D eigenvalue weighted by Gasteiger charge is 2.28. The summed E-state index contributed by atoms with van der Waals surface area (Å²) in [5.41, 5.74) is 2.64. The van der Waals surface area contributed by atoms with Gasteiger partial charge in [-0.1, -0.05) is 0 Å². The number of carbonyl (C=O) groups excluding carboxylic acids is 2. The maximum atomic E-state index is 12.9. The van der Waals surface area contributed by atoms with E-state index in [0.29, 0.717) is 43.6 Å². The van der Waals surface area contributed by atoms with Gasteiger partial charge < -0.3 is 25.0 Å². The largest absolute Gasteiger partial charge is 0.508 e. The number of amides is 2. The number of aromatic nitrogens is 3. The van der Waals surface area contributed by atoms with Crippen LogP contribution in [0.25, 0.3) is 0 Å². The molecule has 184 valence electrons. The summed E-state index contributed by atoms with van der Waals surface area (Å²) in [5.74, 6) is -0.133. The number of nitrogens with zero attached hydrogens (tertiary/aromatic N) is 4. The Balaban J connectivity index is 1.34. The predicted molar refractivity (Wildman–Crippen MR) is 130 cm³/mol. The van der Waals surface area contributed by atoms with E-state index in [0.717, 1.165) is 24.4 Å². The van der Waals surface area contributed by atoms with Gasteiger partial charge in [-0.3, -0.25) is 14.6 Å². The molecule has 2 aromatic heterocycles. The van der Waals surface area contributed by atoms with E-state index in [1.807, 2.05) is 29.8 Å². The summed E-state index contributed by atoms with van der Waals surface area (Å²) in [7, 11) is 0. The van der Waals surface area contributed by atoms with Crippen molar-refractivity contribution in [2.75, 3.05) is 19.6 Å². The monoisotopic (exact) mass is 477 g/mol. The molecule has 0 bridgehead atoms. The number of likely N-dealkylation sites (tertiary alicyclic amines) is 1. The summed E-state index contributed by atoms with van der Waals surface area (Å²) in [5, 5.41) is 22.6. The lowest BCUT2D eigenvalue weighted by Gasteiger charge is -2.32. The number of phenolic OH excluding ortho intramolecular Hbond substituents is 2. The average Bonchev–Trinajstić information content (AvgIpc) is 3.37. The number of phenols is 2. The third-order valence-corrected chi connectivity index (χ3v) is 6.39. The molecule has 1 aromatic carbocycles. The molecule has 3 aromatic rings. The molecule has 0 saturated carbocycles. The van der Waals surface area contributed by atoms with Crippen molar-refractivity contribution in [1.82, 2.24) is 24.8 Å². The average molecular weight is 478 g/mol. The van der Waals surface area contributed by atoms with Crippen molar-refractivity contribution >= 4 is 11.8 Å². The lowest BCUT2D eigenvalue weighted by molar-refractivity contribution is -0.131. The Bertz CT molecular complexity index is 1170. The van der Waals surface area contributed by atoms with Gasteiger partial charge in [0, 0.05) is 55.7 Å². The van der Waals surface area contributed by atoms with Crippen molar-refractivity contribution in [3.05, 3.63) is 71.6 Å². The summed E-state index contributed by atoms with van der Waals surface area (Å²) < 4.78 is 1.97. The summed E-state index contributed by atoms with van der Waals surface area (Å²) in [6.45, 7) is 4.34.